The van der Waals surface area contributed by atoms with Crippen molar-refractivity contribution in [3.05, 3.63) is 64.2 Å². The van der Waals surface area contributed by atoms with Crippen molar-refractivity contribution < 1.29 is 26.4 Å². The maximum atomic E-state index is 12.7. The van der Waals surface area contributed by atoms with Crippen LogP contribution < -0.4 is 10.0 Å². The van der Waals surface area contributed by atoms with E-state index in [9.17, 15) is 26.4 Å². The molecule has 2 aromatic carbocycles. The molecule has 166 valence electrons. The van der Waals surface area contributed by atoms with Crippen molar-refractivity contribution in [2.75, 3.05) is 13.1 Å². The highest BCUT2D eigenvalue weighted by Gasteiger charge is 2.30. The highest BCUT2D eigenvalue weighted by atomic mass is 32.2. The first-order valence-corrected chi connectivity index (χ1v) is 10.9. The van der Waals surface area contributed by atoms with Gasteiger partial charge < -0.3 is 5.32 Å². The van der Waals surface area contributed by atoms with Crippen molar-refractivity contribution in [3.8, 4) is 11.8 Å². The van der Waals surface area contributed by atoms with Gasteiger partial charge in [-0.05, 0) is 50.1 Å². The van der Waals surface area contributed by atoms with E-state index in [1.807, 2.05) is 6.92 Å². The van der Waals surface area contributed by atoms with Crippen LogP contribution in [-0.4, -0.2) is 27.4 Å². The molecule has 0 bridgehead atoms. The maximum Gasteiger partial charge on any atom is 0.416 e. The van der Waals surface area contributed by atoms with Crippen molar-refractivity contribution in [2.24, 2.45) is 0 Å². The monoisotopic (exact) mass is 452 g/mol. The van der Waals surface area contributed by atoms with E-state index in [4.69, 9.17) is 0 Å². The first-order valence-electron chi connectivity index (χ1n) is 9.40. The van der Waals surface area contributed by atoms with Gasteiger partial charge in [0.15, 0.2) is 0 Å². The lowest BCUT2D eigenvalue weighted by atomic mass is 10.1. The molecular weight excluding hydrogens is 429 g/mol. The van der Waals surface area contributed by atoms with Gasteiger partial charge in [0.25, 0.3) is 0 Å². The third-order valence-corrected chi connectivity index (χ3v) is 6.08. The smallest absolute Gasteiger partial charge is 0.345 e. The van der Waals surface area contributed by atoms with Gasteiger partial charge in [-0.3, -0.25) is 4.79 Å². The molecule has 9 heteroatoms. The number of halogens is 3. The minimum absolute atomic E-state index is 0.0714. The van der Waals surface area contributed by atoms with Crippen molar-refractivity contribution in [1.82, 2.24) is 10.0 Å². The third kappa shape index (κ3) is 7.12. The zero-order chi connectivity index (χ0) is 23.2. The molecule has 2 rings (SSSR count). The largest absolute Gasteiger partial charge is 0.416 e. The van der Waals surface area contributed by atoms with Crippen LogP contribution >= 0.6 is 0 Å². The lowest BCUT2D eigenvalue weighted by Gasteiger charge is -2.13. The van der Waals surface area contributed by atoms with Crippen LogP contribution in [0.5, 0.6) is 0 Å². The Morgan fingerprint density at radius 2 is 1.71 bits per heavy atom. The zero-order valence-electron chi connectivity index (χ0n) is 17.4. The minimum Gasteiger partial charge on any atom is -0.345 e. The minimum atomic E-state index is -4.45. The number of carbonyl (C=O) groups is 1. The quantitative estimate of drug-likeness (QED) is 0.659. The summed E-state index contributed by atoms with van der Waals surface area (Å²) >= 11 is 0. The summed E-state index contributed by atoms with van der Waals surface area (Å²) in [5, 5.41) is 2.48. The normalized spacial score (nSPS) is 11.5. The summed E-state index contributed by atoms with van der Waals surface area (Å²) < 4.78 is 65.5. The fourth-order valence-corrected chi connectivity index (χ4v) is 4.59. The molecule has 0 radical (unpaired) electrons. The summed E-state index contributed by atoms with van der Waals surface area (Å²) in [5.74, 6) is 4.70. The van der Waals surface area contributed by atoms with Crippen LogP contribution in [0.25, 0.3) is 0 Å². The maximum absolute atomic E-state index is 12.7. The first kappa shape index (κ1) is 24.4. The van der Waals surface area contributed by atoms with Crippen molar-refractivity contribution in [2.45, 2.75) is 38.3 Å². The molecule has 0 aliphatic rings. The molecule has 2 N–H and O–H groups in total. The van der Waals surface area contributed by atoms with Gasteiger partial charge in [-0.25, -0.2) is 13.1 Å². The summed E-state index contributed by atoms with van der Waals surface area (Å²) in [6.45, 7) is 5.14. The SMILES string of the molecule is Cc1cc(C)c(S(=O)(=O)NCCC(=O)NCC#Cc2cccc(C(F)(F)F)c2)c(C)c1. The summed E-state index contributed by atoms with van der Waals surface area (Å²) in [5.41, 5.74) is 1.59. The molecular formula is C22H23F3N2O3S. The van der Waals surface area contributed by atoms with E-state index in [-0.39, 0.29) is 30.0 Å². The molecule has 0 aromatic heterocycles. The predicted molar refractivity (Wildman–Crippen MR) is 112 cm³/mol. The van der Waals surface area contributed by atoms with E-state index < -0.39 is 27.7 Å². The fraction of sp³-hybridized carbons (Fsp3) is 0.318. The lowest BCUT2D eigenvalue weighted by Crippen LogP contribution is -2.31. The number of aryl methyl sites for hydroxylation is 3. The van der Waals surface area contributed by atoms with Crippen LogP contribution in [0.4, 0.5) is 13.2 Å². The van der Waals surface area contributed by atoms with Crippen LogP contribution in [0.1, 0.15) is 34.2 Å². The van der Waals surface area contributed by atoms with Gasteiger partial charge in [-0.2, -0.15) is 13.2 Å². The molecule has 1 amide bonds. The number of alkyl halides is 3. The van der Waals surface area contributed by atoms with Crippen LogP contribution in [0.2, 0.25) is 0 Å². The highest BCUT2D eigenvalue weighted by Crippen LogP contribution is 2.29. The van der Waals surface area contributed by atoms with Gasteiger partial charge in [0, 0.05) is 18.5 Å². The van der Waals surface area contributed by atoms with Gasteiger partial charge in [0.1, 0.15) is 0 Å². The van der Waals surface area contributed by atoms with E-state index in [2.05, 4.69) is 21.9 Å². The lowest BCUT2D eigenvalue weighted by molar-refractivity contribution is -0.137. The Kier molecular flexibility index (Phi) is 7.87. The first-order chi connectivity index (χ1) is 14.4. The second kappa shape index (κ2) is 9.98. The molecule has 0 aliphatic heterocycles. The van der Waals surface area contributed by atoms with Gasteiger partial charge in [0.05, 0.1) is 17.0 Å². The van der Waals surface area contributed by atoms with Gasteiger partial charge in [-0.15, -0.1) is 0 Å². The predicted octanol–water partition coefficient (Wildman–Crippen LogP) is 3.47. The Bertz CT molecular complexity index is 1110. The number of carbonyl (C=O) groups excluding carboxylic acids is 1. The van der Waals surface area contributed by atoms with Crippen LogP contribution in [-0.2, 0) is 21.0 Å². The third-order valence-electron chi connectivity index (χ3n) is 4.31. The van der Waals surface area contributed by atoms with Crippen molar-refractivity contribution >= 4 is 15.9 Å². The standard InChI is InChI=1S/C22H23F3N2O3S/c1-15-12-16(2)21(17(3)13-15)31(29,30)27-11-9-20(28)26-10-5-7-18-6-4-8-19(14-18)22(23,24)25/h4,6,8,12-14,27H,9-11H2,1-3H3,(H,26,28). The van der Waals surface area contributed by atoms with Crippen LogP contribution in [0.15, 0.2) is 41.3 Å². The Morgan fingerprint density at radius 1 is 1.06 bits per heavy atom. The molecule has 5 nitrogen and oxygen atoms in total. The van der Waals surface area contributed by atoms with Crippen molar-refractivity contribution in [1.29, 1.82) is 0 Å². The molecule has 0 spiro atoms. The van der Waals surface area contributed by atoms with Gasteiger partial charge in [-0.1, -0.05) is 35.6 Å². The Hall–Kier alpha value is -2.83. The summed E-state index contributed by atoms with van der Waals surface area (Å²) in [4.78, 5) is 12.1. The molecule has 0 aliphatic carbocycles. The van der Waals surface area contributed by atoms with E-state index in [1.54, 1.807) is 26.0 Å². The molecule has 0 atom stereocenters. The van der Waals surface area contributed by atoms with Gasteiger partial charge in [0.2, 0.25) is 15.9 Å². The molecule has 2 aromatic rings. The Labute approximate surface area is 180 Å². The zero-order valence-corrected chi connectivity index (χ0v) is 18.2. The van der Waals surface area contributed by atoms with Gasteiger partial charge >= 0.3 is 6.18 Å². The Balaban J connectivity index is 1.86. The average Bonchev–Trinajstić information content (AvgIpc) is 2.63. The topological polar surface area (TPSA) is 75.3 Å². The van der Waals surface area contributed by atoms with Crippen LogP contribution in [0.3, 0.4) is 0 Å². The van der Waals surface area contributed by atoms with E-state index in [0.29, 0.717) is 11.1 Å². The number of hydrogen-bond acceptors (Lipinski definition) is 3. The molecule has 0 saturated heterocycles. The highest BCUT2D eigenvalue weighted by molar-refractivity contribution is 7.89. The van der Waals surface area contributed by atoms with E-state index in [0.717, 1.165) is 17.7 Å². The Morgan fingerprint density at radius 3 is 2.32 bits per heavy atom. The number of nitrogens with one attached hydrogen (secondary N) is 2. The van der Waals surface area contributed by atoms with Crippen molar-refractivity contribution in [3.63, 3.8) is 0 Å². The molecule has 0 saturated carbocycles. The van der Waals surface area contributed by atoms with Crippen LogP contribution in [0, 0.1) is 32.6 Å². The average molecular weight is 452 g/mol. The second-order valence-electron chi connectivity index (χ2n) is 7.03. The number of sulfonamides is 1. The fourth-order valence-electron chi connectivity index (χ4n) is 3.11. The number of rotatable bonds is 6. The number of amides is 1. The number of hydrogen-bond donors (Lipinski definition) is 2. The number of benzene rings is 2. The molecule has 0 heterocycles. The summed E-state index contributed by atoms with van der Waals surface area (Å²) in [7, 11) is -3.76. The summed E-state index contributed by atoms with van der Waals surface area (Å²) in [6, 6.07) is 8.13. The molecule has 0 unspecified atom stereocenters. The van der Waals surface area contributed by atoms with E-state index >= 15 is 0 Å². The molecule has 31 heavy (non-hydrogen) atoms. The second-order valence-corrected chi connectivity index (χ2v) is 8.74. The van der Waals surface area contributed by atoms with E-state index in [1.165, 1.54) is 12.1 Å². The molecule has 0 fully saturated rings. The summed E-state index contributed by atoms with van der Waals surface area (Å²) in [6.07, 6.45) is -4.55.